The predicted molar refractivity (Wildman–Crippen MR) is 291 cm³/mol. The van der Waals surface area contributed by atoms with Crippen molar-refractivity contribution in [1.29, 1.82) is 0 Å². The molecule has 0 aliphatic rings. The molecule has 0 unspecified atom stereocenters. The molecule has 8 heteroatoms. The molecule has 0 aliphatic carbocycles. The number of aryl methyl sites for hydroxylation is 2. The number of hydrogen-bond donors (Lipinski definition) is 0. The third-order valence-electron chi connectivity index (χ3n) is 13.4. The summed E-state index contributed by atoms with van der Waals surface area (Å²) in [6.07, 6.45) is 2.03. The van der Waals surface area contributed by atoms with Gasteiger partial charge >= 0.3 is 163 Å². The molecule has 0 saturated heterocycles. The van der Waals surface area contributed by atoms with Gasteiger partial charge in [0.1, 0.15) is 5.58 Å². The summed E-state index contributed by atoms with van der Waals surface area (Å²) in [6.45, 7) is 19.9. The van der Waals surface area contributed by atoms with Crippen molar-refractivity contribution in [2.75, 3.05) is 0 Å². The molecule has 0 fully saturated rings. The van der Waals surface area contributed by atoms with E-state index in [-0.39, 0.29) is 25.5 Å². The summed E-state index contributed by atoms with van der Waals surface area (Å²) in [4.78, 5) is 14.8. The fourth-order valence-electron chi connectivity index (χ4n) is 9.57. The Kier molecular flexibility index (Phi) is 13.2. The van der Waals surface area contributed by atoms with Gasteiger partial charge in [-0.2, -0.15) is 0 Å². The van der Waals surface area contributed by atoms with Crippen LogP contribution in [0.15, 0.2) is 142 Å². The van der Waals surface area contributed by atoms with Gasteiger partial charge in [0.25, 0.3) is 0 Å². The molecular formula is C62H60GeIrN4O2-2. The average Bonchev–Trinajstić information content (AvgIpc) is 4.03. The number of para-hydroxylation sites is 2. The Morgan fingerprint density at radius 2 is 1.36 bits per heavy atom. The van der Waals surface area contributed by atoms with E-state index in [4.69, 9.17) is 23.8 Å². The molecule has 11 rings (SSSR count). The van der Waals surface area contributed by atoms with Crippen LogP contribution < -0.4 is 4.40 Å². The predicted octanol–water partition coefficient (Wildman–Crippen LogP) is 16.6. The quantitative estimate of drug-likeness (QED) is 0.117. The van der Waals surface area contributed by atoms with Gasteiger partial charge in [-0.1, -0.05) is 118 Å². The van der Waals surface area contributed by atoms with Crippen LogP contribution in [0.1, 0.15) is 88.2 Å². The van der Waals surface area contributed by atoms with Gasteiger partial charge in [-0.05, 0) is 59.2 Å². The molecule has 0 saturated carbocycles. The largest absolute Gasteiger partial charge is 0.501 e. The zero-order valence-electron chi connectivity index (χ0n) is 42.3. The second-order valence-electron chi connectivity index (χ2n) is 21.3. The van der Waals surface area contributed by atoms with Crippen molar-refractivity contribution in [3.63, 3.8) is 0 Å². The van der Waals surface area contributed by atoms with Crippen LogP contribution in [0, 0.1) is 26.0 Å². The number of nitrogens with zero attached hydrogens (tertiary/aromatic N) is 4. The summed E-state index contributed by atoms with van der Waals surface area (Å²) in [7, 11) is 0. The molecule has 0 spiro atoms. The third-order valence-corrected chi connectivity index (χ3v) is 17.6. The second-order valence-corrected chi connectivity index (χ2v) is 31.9. The monoisotopic (exact) mass is 1160 g/mol. The van der Waals surface area contributed by atoms with Gasteiger partial charge in [0, 0.05) is 31.2 Å². The third kappa shape index (κ3) is 8.97. The molecule has 5 heterocycles. The minimum absolute atomic E-state index is 0. The zero-order valence-corrected chi connectivity index (χ0v) is 46.8. The van der Waals surface area contributed by atoms with Gasteiger partial charge in [0.05, 0.1) is 22.4 Å². The molecule has 0 bridgehead atoms. The first-order valence-corrected chi connectivity index (χ1v) is 31.6. The number of pyridine rings is 2. The van der Waals surface area contributed by atoms with Crippen LogP contribution in [0.4, 0.5) is 0 Å². The molecule has 355 valence electrons. The Balaban J connectivity index is 0.000000188. The van der Waals surface area contributed by atoms with E-state index in [0.717, 1.165) is 88.8 Å². The average molecular weight is 1160 g/mol. The smallest absolute Gasteiger partial charge is 0.121 e. The Morgan fingerprint density at radius 1 is 0.657 bits per heavy atom. The number of hydrogen-bond acceptors (Lipinski definition) is 5. The minimum Gasteiger partial charge on any atom is -0.501 e. The topological polar surface area (TPSA) is 69.9 Å². The first-order chi connectivity index (χ1) is 33.0. The molecule has 11 aromatic rings. The number of aromatic nitrogens is 4. The first-order valence-electron chi connectivity index (χ1n) is 24.2. The summed E-state index contributed by atoms with van der Waals surface area (Å²) in [5, 5.41) is 4.33. The number of furan rings is 2. The maximum Gasteiger partial charge on any atom is 0.121 e. The minimum atomic E-state index is -1.87. The van der Waals surface area contributed by atoms with Gasteiger partial charge in [-0.3, -0.25) is 4.98 Å². The van der Waals surface area contributed by atoms with Gasteiger partial charge in [-0.15, -0.1) is 17.7 Å². The van der Waals surface area contributed by atoms with Gasteiger partial charge < -0.3 is 8.98 Å². The Bertz CT molecular complexity index is 3690. The molecule has 70 heavy (non-hydrogen) atoms. The molecule has 0 amide bonds. The first kappa shape index (κ1) is 48.9. The van der Waals surface area contributed by atoms with E-state index in [1.165, 1.54) is 32.3 Å². The van der Waals surface area contributed by atoms with Gasteiger partial charge in [-0.25, -0.2) is 0 Å². The van der Waals surface area contributed by atoms with E-state index >= 15 is 0 Å². The van der Waals surface area contributed by atoms with Crippen molar-refractivity contribution in [3.8, 4) is 39.5 Å². The van der Waals surface area contributed by atoms with Crippen molar-refractivity contribution >= 4 is 72.7 Å². The number of rotatable bonds is 7. The van der Waals surface area contributed by atoms with Crippen LogP contribution in [0.5, 0.6) is 0 Å². The maximum atomic E-state index is 6.76. The molecule has 6 nitrogen and oxygen atoms in total. The fraction of sp³-hybridized carbons (Fsp3) is 0.242. The maximum absolute atomic E-state index is 6.76. The van der Waals surface area contributed by atoms with Crippen molar-refractivity contribution in [1.82, 2.24) is 19.5 Å². The normalized spacial score (nSPS) is 12.1. The molecule has 6 aromatic carbocycles. The van der Waals surface area contributed by atoms with E-state index in [2.05, 4.69) is 205 Å². The van der Waals surface area contributed by atoms with Crippen LogP contribution in [0.2, 0.25) is 17.3 Å². The molecule has 0 N–H and O–H groups in total. The van der Waals surface area contributed by atoms with Gasteiger partial charge in [0.2, 0.25) is 0 Å². The second kappa shape index (κ2) is 18.9. The summed E-state index contributed by atoms with van der Waals surface area (Å²) in [5.41, 5.74) is 17.5. The van der Waals surface area contributed by atoms with E-state index in [0.29, 0.717) is 17.5 Å². The van der Waals surface area contributed by atoms with E-state index in [1.807, 2.05) is 24.4 Å². The molecule has 0 aliphatic heterocycles. The number of fused-ring (bicyclic) bond motifs is 7. The summed E-state index contributed by atoms with van der Waals surface area (Å²) in [5.74, 6) is 8.67. The zero-order chi connectivity index (χ0) is 48.5. The van der Waals surface area contributed by atoms with E-state index in [9.17, 15) is 0 Å². The summed E-state index contributed by atoms with van der Waals surface area (Å²) in [6, 6.07) is 51.6. The standard InChI is InChI=1S/C39H35N2O.C23H25GeN2O.Ir/c1-23(2)31-20-25(5)21-32(24(3)4)37(31)41-34-15-11-10-14-33(34)40-39(41)30-18-16-26(6)36-29-19-17-28(22-35(29)42-38(30)36)27-12-8-7-9-13-27;1-23(2,3)20-13-11-17-16-8-7-9-18(21(16)27-22(17)26-20)19-12-10-15(14-25-19)24(4,5)6;/h7-17,19-24H,1-6H3;7-8,10-14H,1-6H3;/q2*-1;. The van der Waals surface area contributed by atoms with Gasteiger partial charge in [0.15, 0.2) is 0 Å². The Morgan fingerprint density at radius 3 is 2.03 bits per heavy atom. The van der Waals surface area contributed by atoms with E-state index in [1.54, 1.807) is 0 Å². The number of benzene rings is 6. The molecular weight excluding hydrogens is 1100 g/mol. The SMILES string of the molecule is CC(C)(C)c1ccc2c(n1)oc1c(-c3cc[c]([Ge]([CH3])([CH3])[CH3])cn3)[c-]ccc12.Cc1cc(C(C)C)c(-n2c(-c3[c-]cc(C)c4c3oc3cc(-c5ccccc5)ccc34)nc3ccccc32)c(C(C)C)c1.[Ir]. The molecule has 1 radical (unpaired) electrons. The van der Waals surface area contributed by atoms with Crippen molar-refractivity contribution in [3.05, 3.63) is 174 Å². The van der Waals surface area contributed by atoms with Crippen LogP contribution in [0.3, 0.4) is 0 Å². The van der Waals surface area contributed by atoms with Crippen molar-refractivity contribution in [2.24, 2.45) is 0 Å². The Labute approximate surface area is 428 Å². The summed E-state index contributed by atoms with van der Waals surface area (Å²) < 4.78 is 16.7. The summed E-state index contributed by atoms with van der Waals surface area (Å²) >= 11 is -1.87. The van der Waals surface area contributed by atoms with Crippen LogP contribution in [0.25, 0.3) is 94.5 Å². The van der Waals surface area contributed by atoms with Crippen LogP contribution >= 0.6 is 0 Å². The molecule has 5 aromatic heterocycles. The van der Waals surface area contributed by atoms with Crippen molar-refractivity contribution in [2.45, 2.75) is 96.8 Å². The van der Waals surface area contributed by atoms with Crippen LogP contribution in [-0.4, -0.2) is 32.8 Å². The van der Waals surface area contributed by atoms with E-state index < -0.39 is 13.3 Å². The van der Waals surface area contributed by atoms with Crippen molar-refractivity contribution < 1.29 is 28.9 Å². The fourth-order valence-corrected chi connectivity index (χ4v) is 11.7. The Hall–Kier alpha value is -6.12. The molecule has 0 atom stereocenters. The number of imidazole rings is 1. The van der Waals surface area contributed by atoms with Crippen LogP contribution in [-0.2, 0) is 25.5 Å².